The Hall–Kier alpha value is -3.73. The summed E-state index contributed by atoms with van der Waals surface area (Å²) in [5.41, 5.74) is 1.27. The number of aromatic amines is 1. The SMILES string of the molecule is Cc1ccccc1N1C(=O)CC(N2CCN(c3nc4c([nH]3)c(=O)n(C)c(=O)n4C)CC2)C1=O. The maximum atomic E-state index is 13.1. The number of hydrogen-bond acceptors (Lipinski definition) is 7. The Morgan fingerprint density at radius 3 is 2.36 bits per heavy atom. The standard InChI is InChI=1S/C22H25N7O4/c1-13-6-4-5-7-14(13)29-16(30)12-15(19(29)31)27-8-10-28(11-9-27)21-23-17-18(24-21)25(2)22(33)26(3)20(17)32/h4-7,15H,8-12H2,1-3H3,(H,23,24). The molecule has 1 unspecified atom stereocenters. The Bertz CT molecular complexity index is 1390. The van der Waals surface area contributed by atoms with Gasteiger partial charge in [-0.05, 0) is 18.6 Å². The van der Waals surface area contributed by atoms with E-state index < -0.39 is 17.3 Å². The number of para-hydroxylation sites is 1. The highest BCUT2D eigenvalue weighted by atomic mass is 16.2. The summed E-state index contributed by atoms with van der Waals surface area (Å²) < 4.78 is 2.39. The Morgan fingerprint density at radius 2 is 1.67 bits per heavy atom. The molecule has 2 aliphatic heterocycles. The normalized spacial score (nSPS) is 19.8. The number of amides is 2. The number of nitrogens with one attached hydrogen (secondary N) is 1. The number of carbonyl (C=O) groups is 2. The number of rotatable bonds is 3. The lowest BCUT2D eigenvalue weighted by atomic mass is 10.1. The number of imidazole rings is 1. The van der Waals surface area contributed by atoms with Gasteiger partial charge < -0.3 is 9.88 Å². The van der Waals surface area contributed by atoms with E-state index in [0.29, 0.717) is 43.5 Å². The Morgan fingerprint density at radius 1 is 0.970 bits per heavy atom. The maximum absolute atomic E-state index is 13.1. The fourth-order valence-corrected chi connectivity index (χ4v) is 4.68. The molecule has 1 aromatic carbocycles. The van der Waals surface area contributed by atoms with Gasteiger partial charge in [0, 0.05) is 40.3 Å². The lowest BCUT2D eigenvalue weighted by molar-refractivity contribution is -0.123. The van der Waals surface area contributed by atoms with Crippen molar-refractivity contribution in [1.82, 2.24) is 24.0 Å². The van der Waals surface area contributed by atoms with E-state index in [1.807, 2.05) is 34.9 Å². The average Bonchev–Trinajstić information content (AvgIpc) is 3.39. The second-order valence-electron chi connectivity index (χ2n) is 8.56. The van der Waals surface area contributed by atoms with Crippen LogP contribution >= 0.6 is 0 Å². The van der Waals surface area contributed by atoms with Crippen molar-refractivity contribution in [2.24, 2.45) is 14.1 Å². The van der Waals surface area contributed by atoms with Gasteiger partial charge in [-0.3, -0.25) is 28.4 Å². The third kappa shape index (κ3) is 3.27. The molecule has 2 aromatic heterocycles. The van der Waals surface area contributed by atoms with Crippen LogP contribution in [0.4, 0.5) is 11.6 Å². The van der Waals surface area contributed by atoms with Crippen LogP contribution in [-0.2, 0) is 23.7 Å². The molecule has 0 aliphatic carbocycles. The molecule has 11 nitrogen and oxygen atoms in total. The number of anilines is 2. The topological polar surface area (TPSA) is 117 Å². The van der Waals surface area contributed by atoms with Crippen LogP contribution in [0.3, 0.4) is 0 Å². The predicted molar refractivity (Wildman–Crippen MR) is 122 cm³/mol. The molecule has 0 saturated carbocycles. The Balaban J connectivity index is 1.33. The molecule has 172 valence electrons. The zero-order valence-corrected chi connectivity index (χ0v) is 18.7. The van der Waals surface area contributed by atoms with Gasteiger partial charge in [0.1, 0.15) is 0 Å². The summed E-state index contributed by atoms with van der Waals surface area (Å²) in [5.74, 6) is 0.138. The van der Waals surface area contributed by atoms with E-state index >= 15 is 0 Å². The minimum atomic E-state index is -0.483. The molecule has 1 N–H and O–H groups in total. The quantitative estimate of drug-likeness (QED) is 0.545. The van der Waals surface area contributed by atoms with Gasteiger partial charge in [-0.1, -0.05) is 18.2 Å². The molecule has 0 radical (unpaired) electrons. The smallest absolute Gasteiger partial charge is 0.332 e. The lowest BCUT2D eigenvalue weighted by Gasteiger charge is -2.36. The number of H-pyrrole nitrogens is 1. The van der Waals surface area contributed by atoms with Gasteiger partial charge in [0.15, 0.2) is 11.2 Å². The zero-order chi connectivity index (χ0) is 23.4. The minimum Gasteiger partial charge on any atom is -0.340 e. The summed E-state index contributed by atoms with van der Waals surface area (Å²) >= 11 is 0. The molecule has 5 rings (SSSR count). The first-order valence-corrected chi connectivity index (χ1v) is 10.8. The van der Waals surface area contributed by atoms with E-state index in [-0.39, 0.29) is 23.8 Å². The highest BCUT2D eigenvalue weighted by Crippen LogP contribution is 2.29. The van der Waals surface area contributed by atoms with E-state index in [2.05, 4.69) is 9.97 Å². The van der Waals surface area contributed by atoms with Gasteiger partial charge >= 0.3 is 5.69 Å². The van der Waals surface area contributed by atoms with Crippen molar-refractivity contribution in [3.05, 3.63) is 50.7 Å². The maximum Gasteiger partial charge on any atom is 0.332 e. The van der Waals surface area contributed by atoms with Crippen LogP contribution in [0, 0.1) is 6.92 Å². The summed E-state index contributed by atoms with van der Waals surface area (Å²) in [6.07, 6.45) is 0.163. The number of benzene rings is 1. The van der Waals surface area contributed by atoms with Gasteiger partial charge in [-0.15, -0.1) is 0 Å². The van der Waals surface area contributed by atoms with Crippen LogP contribution < -0.4 is 21.0 Å². The number of piperazine rings is 1. The third-order valence-electron chi connectivity index (χ3n) is 6.62. The Kier molecular flexibility index (Phi) is 4.93. The van der Waals surface area contributed by atoms with Crippen LogP contribution in [0.1, 0.15) is 12.0 Å². The summed E-state index contributed by atoms with van der Waals surface area (Å²) in [7, 11) is 3.01. The molecule has 11 heteroatoms. The molecule has 3 aromatic rings. The molecule has 2 fully saturated rings. The molecule has 4 heterocycles. The first-order chi connectivity index (χ1) is 15.8. The number of aromatic nitrogens is 4. The lowest BCUT2D eigenvalue weighted by Crippen LogP contribution is -2.53. The van der Waals surface area contributed by atoms with Crippen LogP contribution in [0.5, 0.6) is 0 Å². The van der Waals surface area contributed by atoms with Gasteiger partial charge in [0.25, 0.3) is 11.5 Å². The number of fused-ring (bicyclic) bond motifs is 1. The van der Waals surface area contributed by atoms with Crippen LogP contribution in [0.15, 0.2) is 33.9 Å². The largest absolute Gasteiger partial charge is 0.340 e. The van der Waals surface area contributed by atoms with Crippen molar-refractivity contribution in [2.75, 3.05) is 36.0 Å². The fraction of sp³-hybridized carbons (Fsp3) is 0.409. The fourth-order valence-electron chi connectivity index (χ4n) is 4.68. The van der Waals surface area contributed by atoms with E-state index in [4.69, 9.17) is 0 Å². The summed E-state index contributed by atoms with van der Waals surface area (Å²) in [6.45, 7) is 4.16. The van der Waals surface area contributed by atoms with E-state index in [9.17, 15) is 19.2 Å². The zero-order valence-electron chi connectivity index (χ0n) is 18.7. The molecule has 33 heavy (non-hydrogen) atoms. The average molecular weight is 451 g/mol. The number of imide groups is 1. The monoisotopic (exact) mass is 451 g/mol. The summed E-state index contributed by atoms with van der Waals surface area (Å²) in [6, 6.07) is 6.91. The molecular weight excluding hydrogens is 426 g/mol. The van der Waals surface area contributed by atoms with Crippen LogP contribution in [-0.4, -0.2) is 68.0 Å². The van der Waals surface area contributed by atoms with Crippen molar-refractivity contribution >= 4 is 34.6 Å². The van der Waals surface area contributed by atoms with Gasteiger partial charge in [0.05, 0.1) is 18.2 Å². The molecule has 2 saturated heterocycles. The molecular formula is C22H25N7O4. The summed E-state index contributed by atoms with van der Waals surface area (Å²) in [4.78, 5) is 63.3. The highest BCUT2D eigenvalue weighted by Gasteiger charge is 2.43. The minimum absolute atomic E-state index is 0.163. The van der Waals surface area contributed by atoms with Crippen LogP contribution in [0.25, 0.3) is 11.2 Å². The van der Waals surface area contributed by atoms with Crippen molar-refractivity contribution < 1.29 is 9.59 Å². The van der Waals surface area contributed by atoms with Gasteiger partial charge in [-0.2, -0.15) is 4.98 Å². The number of nitrogens with zero attached hydrogens (tertiary/aromatic N) is 6. The van der Waals surface area contributed by atoms with Crippen molar-refractivity contribution in [1.29, 1.82) is 0 Å². The second kappa shape index (κ2) is 7.69. The highest BCUT2D eigenvalue weighted by molar-refractivity contribution is 6.22. The molecule has 2 aliphatic rings. The Labute approximate surface area is 188 Å². The van der Waals surface area contributed by atoms with Gasteiger partial charge in [-0.25, -0.2) is 9.69 Å². The molecule has 0 bridgehead atoms. The molecule has 0 spiro atoms. The number of hydrogen-bond donors (Lipinski definition) is 1. The van der Waals surface area contributed by atoms with E-state index in [0.717, 1.165) is 10.1 Å². The first kappa shape index (κ1) is 21.1. The van der Waals surface area contributed by atoms with Crippen molar-refractivity contribution in [3.8, 4) is 0 Å². The van der Waals surface area contributed by atoms with E-state index in [1.165, 1.54) is 16.5 Å². The van der Waals surface area contributed by atoms with Crippen molar-refractivity contribution in [2.45, 2.75) is 19.4 Å². The van der Waals surface area contributed by atoms with Crippen LogP contribution in [0.2, 0.25) is 0 Å². The summed E-state index contributed by atoms with van der Waals surface area (Å²) in [5, 5.41) is 0. The van der Waals surface area contributed by atoms with Gasteiger partial charge in [0.2, 0.25) is 11.9 Å². The number of carbonyl (C=O) groups excluding carboxylic acids is 2. The molecule has 2 amide bonds. The molecule has 1 atom stereocenters. The van der Waals surface area contributed by atoms with E-state index in [1.54, 1.807) is 13.1 Å². The third-order valence-corrected chi connectivity index (χ3v) is 6.62. The predicted octanol–water partition coefficient (Wildman–Crippen LogP) is -0.277. The second-order valence-corrected chi connectivity index (χ2v) is 8.56. The van der Waals surface area contributed by atoms with Crippen molar-refractivity contribution in [3.63, 3.8) is 0 Å². The number of aryl methyl sites for hydroxylation is 2. The first-order valence-electron chi connectivity index (χ1n) is 10.8.